The Morgan fingerprint density at radius 3 is 2.39 bits per heavy atom. The third-order valence-corrected chi connectivity index (χ3v) is 4.58. The molecular weight excluding hydrogens is 355 g/mol. The molecule has 0 bridgehead atoms. The lowest BCUT2D eigenvalue weighted by Crippen LogP contribution is -2.08. The summed E-state index contributed by atoms with van der Waals surface area (Å²) in [6.45, 7) is 1.46. The predicted molar refractivity (Wildman–Crippen MR) is 97.1 cm³/mol. The van der Waals surface area contributed by atoms with E-state index in [1.165, 1.54) is 18.7 Å². The van der Waals surface area contributed by atoms with E-state index in [9.17, 15) is 4.79 Å². The third kappa shape index (κ3) is 5.16. The van der Waals surface area contributed by atoms with Crippen molar-refractivity contribution >= 4 is 51.5 Å². The van der Waals surface area contributed by atoms with E-state index in [0.29, 0.717) is 15.1 Å². The highest BCUT2D eigenvalue weighted by Crippen LogP contribution is 2.29. The van der Waals surface area contributed by atoms with Crippen LogP contribution in [-0.4, -0.2) is 17.9 Å². The SMILES string of the molecule is COc1ccc(N/N=C(/Sc2ccc(Cl)c(Cl)c2)C(C)=O)cc1. The first-order chi connectivity index (χ1) is 11.0. The Balaban J connectivity index is 2.13. The van der Waals surface area contributed by atoms with E-state index in [1.807, 2.05) is 12.1 Å². The second-order valence-corrected chi connectivity index (χ2v) is 6.37. The summed E-state index contributed by atoms with van der Waals surface area (Å²) in [7, 11) is 1.60. The molecule has 0 saturated carbocycles. The number of nitrogens with zero attached hydrogens (tertiary/aromatic N) is 1. The van der Waals surface area contributed by atoms with E-state index in [-0.39, 0.29) is 5.78 Å². The quantitative estimate of drug-likeness (QED) is 0.344. The van der Waals surface area contributed by atoms with Crippen LogP contribution >= 0.6 is 35.0 Å². The maximum absolute atomic E-state index is 11.8. The Morgan fingerprint density at radius 1 is 1.13 bits per heavy atom. The van der Waals surface area contributed by atoms with Crippen molar-refractivity contribution in [1.29, 1.82) is 0 Å². The normalized spacial score (nSPS) is 11.2. The predicted octanol–water partition coefficient (Wildman–Crippen LogP) is 5.11. The van der Waals surface area contributed by atoms with Crippen molar-refractivity contribution in [1.82, 2.24) is 0 Å². The summed E-state index contributed by atoms with van der Waals surface area (Å²) < 4.78 is 5.09. The second kappa shape index (κ2) is 8.24. The average Bonchev–Trinajstić information content (AvgIpc) is 2.55. The minimum absolute atomic E-state index is 0.151. The molecule has 0 radical (unpaired) electrons. The Morgan fingerprint density at radius 2 is 1.83 bits per heavy atom. The van der Waals surface area contributed by atoms with Gasteiger partial charge in [0, 0.05) is 11.8 Å². The largest absolute Gasteiger partial charge is 0.497 e. The van der Waals surface area contributed by atoms with Crippen LogP contribution in [0.3, 0.4) is 0 Å². The molecule has 2 aromatic carbocycles. The number of halogens is 2. The van der Waals surface area contributed by atoms with E-state index < -0.39 is 0 Å². The number of thioether (sulfide) groups is 1. The Bertz CT molecular complexity index is 733. The summed E-state index contributed by atoms with van der Waals surface area (Å²) in [6, 6.07) is 12.4. The van der Waals surface area contributed by atoms with Crippen LogP contribution in [0.2, 0.25) is 10.0 Å². The molecule has 4 nitrogen and oxygen atoms in total. The number of hydrazone groups is 1. The summed E-state index contributed by atoms with van der Waals surface area (Å²) in [5.41, 5.74) is 3.60. The average molecular weight is 369 g/mol. The maximum Gasteiger partial charge on any atom is 0.186 e. The fraction of sp³-hybridized carbons (Fsp3) is 0.125. The molecule has 0 spiro atoms. The highest BCUT2D eigenvalue weighted by Gasteiger charge is 2.10. The zero-order valence-electron chi connectivity index (χ0n) is 12.5. The van der Waals surface area contributed by atoms with Gasteiger partial charge in [-0.2, -0.15) is 5.10 Å². The standard InChI is InChI=1S/C16H14Cl2N2O2S/c1-10(21)16(23-13-7-8-14(17)15(18)9-13)20-19-11-3-5-12(22-2)6-4-11/h3-9,19H,1-2H3/b20-16+. The van der Waals surface area contributed by atoms with Gasteiger partial charge in [0.1, 0.15) is 5.75 Å². The van der Waals surface area contributed by atoms with Crippen molar-refractivity contribution in [2.24, 2.45) is 5.10 Å². The monoisotopic (exact) mass is 368 g/mol. The van der Waals surface area contributed by atoms with Crippen LogP contribution in [0.1, 0.15) is 6.92 Å². The summed E-state index contributed by atoms with van der Waals surface area (Å²) >= 11 is 13.1. The van der Waals surface area contributed by atoms with Gasteiger partial charge in [-0.3, -0.25) is 10.2 Å². The first kappa shape index (κ1) is 17.7. The lowest BCUT2D eigenvalue weighted by atomic mass is 10.3. The number of nitrogens with one attached hydrogen (secondary N) is 1. The number of Topliss-reactive ketones (excluding diaryl/α,β-unsaturated/α-hetero) is 1. The lowest BCUT2D eigenvalue weighted by Gasteiger charge is -2.06. The van der Waals surface area contributed by atoms with Crippen molar-refractivity contribution in [3.05, 3.63) is 52.5 Å². The minimum atomic E-state index is -0.151. The second-order valence-electron chi connectivity index (χ2n) is 4.49. The fourth-order valence-corrected chi connectivity index (χ4v) is 2.74. The van der Waals surface area contributed by atoms with Crippen LogP contribution in [0.25, 0.3) is 0 Å². The number of anilines is 1. The van der Waals surface area contributed by atoms with Gasteiger partial charge in [-0.1, -0.05) is 35.0 Å². The van der Waals surface area contributed by atoms with Crippen molar-refractivity contribution in [2.75, 3.05) is 12.5 Å². The molecule has 2 aromatic rings. The molecule has 0 atom stereocenters. The molecular formula is C16H14Cl2N2O2S. The zero-order chi connectivity index (χ0) is 16.8. The van der Waals surface area contributed by atoms with Crippen molar-refractivity contribution < 1.29 is 9.53 Å². The minimum Gasteiger partial charge on any atom is -0.497 e. The fourth-order valence-electron chi connectivity index (χ4n) is 1.61. The summed E-state index contributed by atoms with van der Waals surface area (Å²) in [5.74, 6) is 0.596. The smallest absolute Gasteiger partial charge is 0.186 e. The molecule has 0 heterocycles. The van der Waals surface area contributed by atoms with Crippen molar-refractivity contribution in [3.8, 4) is 5.75 Å². The van der Waals surface area contributed by atoms with E-state index in [0.717, 1.165) is 16.3 Å². The first-order valence-electron chi connectivity index (χ1n) is 6.61. The van der Waals surface area contributed by atoms with Crippen LogP contribution in [-0.2, 0) is 4.79 Å². The Kier molecular flexibility index (Phi) is 6.33. The van der Waals surface area contributed by atoms with E-state index in [4.69, 9.17) is 27.9 Å². The molecule has 0 aromatic heterocycles. The third-order valence-electron chi connectivity index (χ3n) is 2.78. The highest BCUT2D eigenvalue weighted by molar-refractivity contribution is 8.15. The Labute approximate surface area is 148 Å². The molecule has 0 saturated heterocycles. The molecule has 0 aliphatic carbocycles. The number of benzene rings is 2. The number of ether oxygens (including phenoxy) is 1. The molecule has 1 N–H and O–H groups in total. The van der Waals surface area contributed by atoms with Crippen molar-refractivity contribution in [3.63, 3.8) is 0 Å². The van der Waals surface area contributed by atoms with Crippen LogP contribution in [0, 0.1) is 0 Å². The van der Waals surface area contributed by atoms with Crippen LogP contribution < -0.4 is 10.2 Å². The van der Waals surface area contributed by atoms with Crippen LogP contribution in [0.5, 0.6) is 5.75 Å². The molecule has 0 aliphatic rings. The zero-order valence-corrected chi connectivity index (χ0v) is 14.8. The van der Waals surface area contributed by atoms with Gasteiger partial charge in [0.05, 0.1) is 22.8 Å². The van der Waals surface area contributed by atoms with Gasteiger partial charge in [0.15, 0.2) is 10.8 Å². The van der Waals surface area contributed by atoms with Gasteiger partial charge in [-0.05, 0) is 42.5 Å². The summed E-state index contributed by atoms with van der Waals surface area (Å²) in [4.78, 5) is 12.5. The molecule has 23 heavy (non-hydrogen) atoms. The maximum atomic E-state index is 11.8. The summed E-state index contributed by atoms with van der Waals surface area (Å²) in [6.07, 6.45) is 0. The lowest BCUT2D eigenvalue weighted by molar-refractivity contribution is -0.110. The van der Waals surface area contributed by atoms with Crippen LogP contribution in [0.4, 0.5) is 5.69 Å². The number of hydrogen-bond donors (Lipinski definition) is 1. The number of hydrogen-bond acceptors (Lipinski definition) is 5. The van der Waals surface area contributed by atoms with E-state index in [1.54, 1.807) is 37.4 Å². The molecule has 0 aliphatic heterocycles. The van der Waals surface area contributed by atoms with Gasteiger partial charge in [0.2, 0.25) is 0 Å². The van der Waals surface area contributed by atoms with E-state index in [2.05, 4.69) is 10.5 Å². The molecule has 120 valence electrons. The number of rotatable bonds is 5. The van der Waals surface area contributed by atoms with Gasteiger partial charge < -0.3 is 4.74 Å². The van der Waals surface area contributed by atoms with Gasteiger partial charge in [0.25, 0.3) is 0 Å². The number of carbonyl (C=O) groups excluding carboxylic acids is 1. The molecule has 0 amide bonds. The van der Waals surface area contributed by atoms with E-state index >= 15 is 0 Å². The number of methoxy groups -OCH3 is 1. The molecule has 7 heteroatoms. The molecule has 0 fully saturated rings. The molecule has 0 unspecified atom stereocenters. The highest BCUT2D eigenvalue weighted by atomic mass is 35.5. The van der Waals surface area contributed by atoms with Gasteiger partial charge >= 0.3 is 0 Å². The number of ketones is 1. The number of carbonyl (C=O) groups is 1. The first-order valence-corrected chi connectivity index (χ1v) is 8.18. The summed E-state index contributed by atoms with van der Waals surface area (Å²) in [5, 5.41) is 5.38. The Hall–Kier alpha value is -1.69. The van der Waals surface area contributed by atoms with Gasteiger partial charge in [-0.25, -0.2) is 0 Å². The molecule has 2 rings (SSSR count). The van der Waals surface area contributed by atoms with Crippen molar-refractivity contribution in [2.45, 2.75) is 11.8 Å². The topological polar surface area (TPSA) is 50.7 Å². The van der Waals surface area contributed by atoms with Gasteiger partial charge in [-0.15, -0.1) is 0 Å². The van der Waals surface area contributed by atoms with Crippen LogP contribution in [0.15, 0.2) is 52.5 Å².